The highest BCUT2D eigenvalue weighted by Gasteiger charge is 2.35. The van der Waals surface area contributed by atoms with E-state index in [0.29, 0.717) is 0 Å². The van der Waals surface area contributed by atoms with Crippen molar-refractivity contribution in [3.05, 3.63) is 0 Å². The van der Waals surface area contributed by atoms with Crippen LogP contribution in [-0.4, -0.2) is 23.3 Å². The zero-order chi connectivity index (χ0) is 7.61. The molecule has 1 aliphatic rings. The number of esters is 1. The summed E-state index contributed by atoms with van der Waals surface area (Å²) in [6, 6.07) is 0. The third kappa shape index (κ3) is 1.48. The predicted octanol–water partition coefficient (Wildman–Crippen LogP) is 0.464. The molecule has 1 saturated carbocycles. The molecular weight excluding hydrogens is 132 g/mol. The molecule has 58 valence electrons. The normalized spacial score (nSPS) is 21.4. The van der Waals surface area contributed by atoms with Gasteiger partial charge in [-0.2, -0.15) is 0 Å². The maximum absolute atomic E-state index is 10.5. The Morgan fingerprint density at radius 3 is 2.60 bits per heavy atom. The Morgan fingerprint density at radius 1 is 1.70 bits per heavy atom. The average molecular weight is 144 g/mol. The van der Waals surface area contributed by atoms with E-state index in [9.17, 15) is 4.79 Å². The smallest absolute Gasteiger partial charge is 0.332 e. The Labute approximate surface area is 60.0 Å². The van der Waals surface area contributed by atoms with Gasteiger partial charge in [0.05, 0.1) is 0 Å². The molecule has 10 heavy (non-hydrogen) atoms. The second-order valence-electron chi connectivity index (χ2n) is 2.94. The highest BCUT2D eigenvalue weighted by molar-refractivity contribution is 5.70. The average Bonchev–Trinajstić information content (AvgIpc) is 1.84. The largest absolute Gasteiger partial charge is 0.458 e. The van der Waals surface area contributed by atoms with Crippen LogP contribution in [0.3, 0.4) is 0 Å². The first-order valence-electron chi connectivity index (χ1n) is 3.49. The molecule has 3 heteroatoms. The first-order chi connectivity index (χ1) is 4.66. The molecule has 1 N–H and O–H groups in total. The quantitative estimate of drug-likeness (QED) is 0.573. The molecule has 0 aromatic carbocycles. The van der Waals surface area contributed by atoms with Crippen LogP contribution in [0.2, 0.25) is 0 Å². The third-order valence-corrected chi connectivity index (χ3v) is 1.90. The van der Waals surface area contributed by atoms with E-state index >= 15 is 0 Å². The Bertz CT molecular complexity index is 138. The molecule has 0 amide bonds. The zero-order valence-corrected chi connectivity index (χ0v) is 6.09. The molecule has 0 aliphatic heterocycles. The number of hydrogen-bond acceptors (Lipinski definition) is 3. The highest BCUT2D eigenvalue weighted by Crippen LogP contribution is 2.34. The molecule has 1 fully saturated rings. The van der Waals surface area contributed by atoms with Gasteiger partial charge in [0, 0.05) is 0 Å². The Hall–Kier alpha value is -0.570. The van der Waals surface area contributed by atoms with Crippen LogP contribution >= 0.6 is 0 Å². The Balaban J connectivity index is 2.29. The predicted molar refractivity (Wildman–Crippen MR) is 35.4 cm³/mol. The van der Waals surface area contributed by atoms with Gasteiger partial charge in [-0.3, -0.25) is 0 Å². The van der Waals surface area contributed by atoms with E-state index in [0.717, 1.165) is 19.3 Å². The number of rotatable bonds is 2. The third-order valence-electron chi connectivity index (χ3n) is 1.90. The summed E-state index contributed by atoms with van der Waals surface area (Å²) in [6.07, 6.45) is 2.98. The van der Waals surface area contributed by atoms with E-state index < -0.39 is 12.6 Å². The van der Waals surface area contributed by atoms with Crippen molar-refractivity contribution >= 4 is 5.97 Å². The van der Waals surface area contributed by atoms with E-state index in [1.54, 1.807) is 0 Å². The summed E-state index contributed by atoms with van der Waals surface area (Å²) in [5, 5.41) is 8.34. The number of hydrogen-bond donors (Lipinski definition) is 1. The minimum Gasteiger partial charge on any atom is -0.458 e. The van der Waals surface area contributed by atoms with Crippen LogP contribution in [0.4, 0.5) is 0 Å². The van der Waals surface area contributed by atoms with Crippen molar-refractivity contribution in [1.29, 1.82) is 0 Å². The van der Waals surface area contributed by atoms with Crippen molar-refractivity contribution in [3.63, 3.8) is 0 Å². The summed E-state index contributed by atoms with van der Waals surface area (Å²) in [5.74, 6) is -0.512. The molecule has 1 rings (SSSR count). The second kappa shape index (κ2) is 2.58. The molecule has 0 aromatic rings. The summed E-state index contributed by atoms with van der Waals surface area (Å²) in [4.78, 5) is 10.5. The highest BCUT2D eigenvalue weighted by atomic mass is 16.6. The van der Waals surface area contributed by atoms with Gasteiger partial charge in [-0.05, 0) is 26.2 Å². The van der Waals surface area contributed by atoms with E-state index in [4.69, 9.17) is 9.84 Å². The molecule has 1 aliphatic carbocycles. The monoisotopic (exact) mass is 144 g/mol. The standard InChI is InChI=1S/C7H12O3/c1-7(3-2-4-7)10-6(9)5-8/h8H,2-5H2,1H3. The van der Waals surface area contributed by atoms with Gasteiger partial charge in [0.15, 0.2) is 0 Å². The lowest BCUT2D eigenvalue weighted by Gasteiger charge is -2.37. The van der Waals surface area contributed by atoms with Crippen molar-refractivity contribution in [1.82, 2.24) is 0 Å². The summed E-state index contributed by atoms with van der Waals surface area (Å²) in [5.41, 5.74) is -0.264. The van der Waals surface area contributed by atoms with Crippen molar-refractivity contribution < 1.29 is 14.6 Å². The fraction of sp³-hybridized carbons (Fsp3) is 0.857. The maximum Gasteiger partial charge on any atom is 0.332 e. The first-order valence-corrected chi connectivity index (χ1v) is 3.49. The molecule has 0 saturated heterocycles. The first kappa shape index (κ1) is 7.54. The van der Waals surface area contributed by atoms with E-state index in [1.165, 1.54) is 0 Å². The minimum atomic E-state index is -0.512. The van der Waals surface area contributed by atoms with Gasteiger partial charge in [-0.25, -0.2) is 4.79 Å². The van der Waals surface area contributed by atoms with Crippen molar-refractivity contribution in [3.8, 4) is 0 Å². The lowest BCUT2D eigenvalue weighted by Crippen LogP contribution is -2.39. The van der Waals surface area contributed by atoms with Crippen LogP contribution in [0.1, 0.15) is 26.2 Å². The summed E-state index contributed by atoms with van der Waals surface area (Å²) in [7, 11) is 0. The van der Waals surface area contributed by atoms with Gasteiger partial charge in [-0.1, -0.05) is 0 Å². The molecule has 0 radical (unpaired) electrons. The number of aliphatic hydroxyl groups excluding tert-OH is 1. The lowest BCUT2D eigenvalue weighted by molar-refractivity contribution is -0.169. The number of carbonyl (C=O) groups excluding carboxylic acids is 1. The second-order valence-corrected chi connectivity index (χ2v) is 2.94. The van der Waals surface area contributed by atoms with Gasteiger partial charge < -0.3 is 9.84 Å². The summed E-state index contributed by atoms with van der Waals surface area (Å²) >= 11 is 0. The van der Waals surface area contributed by atoms with Crippen LogP contribution in [-0.2, 0) is 9.53 Å². The molecule has 0 heterocycles. The Kier molecular flexibility index (Phi) is 1.94. The topological polar surface area (TPSA) is 46.5 Å². The Morgan fingerprint density at radius 2 is 2.30 bits per heavy atom. The maximum atomic E-state index is 10.5. The number of aliphatic hydroxyl groups is 1. The van der Waals surface area contributed by atoms with Gasteiger partial charge >= 0.3 is 5.97 Å². The van der Waals surface area contributed by atoms with Gasteiger partial charge in [0.25, 0.3) is 0 Å². The fourth-order valence-corrected chi connectivity index (χ4v) is 1.08. The van der Waals surface area contributed by atoms with E-state index in [2.05, 4.69) is 0 Å². The van der Waals surface area contributed by atoms with Crippen molar-refractivity contribution in [2.75, 3.05) is 6.61 Å². The molecule has 0 spiro atoms. The molecule has 0 unspecified atom stereocenters. The van der Waals surface area contributed by atoms with Crippen LogP contribution in [0, 0.1) is 0 Å². The molecule has 0 aromatic heterocycles. The van der Waals surface area contributed by atoms with E-state index in [-0.39, 0.29) is 5.60 Å². The van der Waals surface area contributed by atoms with Crippen LogP contribution in [0.15, 0.2) is 0 Å². The number of ether oxygens (including phenoxy) is 1. The van der Waals surface area contributed by atoms with Crippen LogP contribution < -0.4 is 0 Å². The van der Waals surface area contributed by atoms with Crippen LogP contribution in [0.5, 0.6) is 0 Å². The molecule has 0 atom stereocenters. The zero-order valence-electron chi connectivity index (χ0n) is 6.09. The SMILES string of the molecule is CC1(OC(=O)CO)CCC1. The molecule has 0 bridgehead atoms. The molecule has 3 nitrogen and oxygen atoms in total. The van der Waals surface area contributed by atoms with Crippen molar-refractivity contribution in [2.24, 2.45) is 0 Å². The number of carbonyl (C=O) groups is 1. The summed E-state index contributed by atoms with van der Waals surface area (Å²) < 4.78 is 4.93. The lowest BCUT2D eigenvalue weighted by atomic mass is 9.82. The van der Waals surface area contributed by atoms with Crippen molar-refractivity contribution in [2.45, 2.75) is 31.8 Å². The van der Waals surface area contributed by atoms with Gasteiger partial charge in [-0.15, -0.1) is 0 Å². The molecular formula is C7H12O3. The van der Waals surface area contributed by atoms with Crippen LogP contribution in [0.25, 0.3) is 0 Å². The van der Waals surface area contributed by atoms with E-state index in [1.807, 2.05) is 6.92 Å². The fourth-order valence-electron chi connectivity index (χ4n) is 1.08. The van der Waals surface area contributed by atoms with Gasteiger partial charge in [0.1, 0.15) is 12.2 Å². The van der Waals surface area contributed by atoms with Gasteiger partial charge in [0.2, 0.25) is 0 Å². The summed E-state index contributed by atoms with van der Waals surface area (Å²) in [6.45, 7) is 1.39. The minimum absolute atomic E-state index is 0.264.